The van der Waals surface area contributed by atoms with Crippen molar-refractivity contribution in [3.8, 4) is 0 Å². The van der Waals surface area contributed by atoms with E-state index >= 15 is 0 Å². The summed E-state index contributed by atoms with van der Waals surface area (Å²) in [5.41, 5.74) is 3.05. The molecule has 86 valence electrons. The first-order valence-electron chi connectivity index (χ1n) is 6.18. The van der Waals surface area contributed by atoms with Crippen molar-refractivity contribution in [3.05, 3.63) is 36.0 Å². The van der Waals surface area contributed by atoms with Gasteiger partial charge >= 0.3 is 0 Å². The Morgan fingerprint density at radius 3 is 2.33 bits per heavy atom. The fourth-order valence-corrected chi connectivity index (χ4v) is 2.21. The molecule has 15 heavy (non-hydrogen) atoms. The molecule has 1 fully saturated rings. The monoisotopic (exact) mass is 206 g/mol. The molecule has 0 heteroatoms. The molecule has 0 aromatic rings. The summed E-state index contributed by atoms with van der Waals surface area (Å²) in [5, 5.41) is 0. The molecule has 1 aliphatic rings. The van der Waals surface area contributed by atoms with E-state index in [-0.39, 0.29) is 0 Å². The van der Waals surface area contributed by atoms with Crippen LogP contribution < -0.4 is 0 Å². The maximum atomic E-state index is 3.78. The summed E-state index contributed by atoms with van der Waals surface area (Å²) in [5.74, 6) is 1.51. The lowest BCUT2D eigenvalue weighted by molar-refractivity contribution is 0.453. The third-order valence-corrected chi connectivity index (χ3v) is 2.95. The molecule has 1 saturated carbocycles. The van der Waals surface area contributed by atoms with Crippen molar-refractivity contribution in [1.29, 1.82) is 0 Å². The third kappa shape index (κ3) is 3.70. The average Bonchev–Trinajstić information content (AvgIpc) is 2.64. The summed E-state index contributed by atoms with van der Waals surface area (Å²) in [6.45, 7) is 14.5. The fraction of sp³-hybridized carbons (Fsp3) is 0.600. The van der Waals surface area contributed by atoms with Gasteiger partial charge in [0.25, 0.3) is 0 Å². The minimum absolute atomic E-state index is 0.753. The molecule has 1 atom stereocenters. The molecule has 0 radical (unpaired) electrons. The zero-order chi connectivity index (χ0) is 11.8. The van der Waals surface area contributed by atoms with Gasteiger partial charge in [-0.15, -0.1) is 0 Å². The van der Waals surface area contributed by atoms with Crippen molar-refractivity contribution in [3.63, 3.8) is 0 Å². The van der Waals surface area contributed by atoms with Crippen LogP contribution in [0.15, 0.2) is 36.0 Å². The second kappa shape index (κ2) is 7.50. The van der Waals surface area contributed by atoms with E-state index in [2.05, 4.69) is 39.5 Å². The van der Waals surface area contributed by atoms with Crippen LogP contribution in [0, 0.1) is 11.8 Å². The highest BCUT2D eigenvalue weighted by atomic mass is 14.3. The Labute approximate surface area is 95.8 Å². The lowest BCUT2D eigenvalue weighted by Gasteiger charge is -2.16. The van der Waals surface area contributed by atoms with Gasteiger partial charge in [0.15, 0.2) is 0 Å². The third-order valence-electron chi connectivity index (χ3n) is 2.95. The van der Waals surface area contributed by atoms with E-state index in [1.807, 2.05) is 19.9 Å². The Morgan fingerprint density at radius 2 is 1.93 bits per heavy atom. The van der Waals surface area contributed by atoms with Crippen molar-refractivity contribution in [2.24, 2.45) is 11.8 Å². The first-order valence-corrected chi connectivity index (χ1v) is 6.18. The quantitative estimate of drug-likeness (QED) is 0.587. The van der Waals surface area contributed by atoms with Crippen LogP contribution in [0.25, 0.3) is 0 Å². The van der Waals surface area contributed by atoms with Crippen molar-refractivity contribution in [2.75, 3.05) is 0 Å². The van der Waals surface area contributed by atoms with E-state index in [0.717, 1.165) is 11.8 Å². The number of rotatable bonds is 2. The lowest BCUT2D eigenvalue weighted by Crippen LogP contribution is -2.05. The molecule has 0 N–H and O–H groups in total. The minimum atomic E-state index is 0.753. The van der Waals surface area contributed by atoms with E-state index < -0.39 is 0 Å². The van der Waals surface area contributed by atoms with Gasteiger partial charge in [-0.25, -0.2) is 0 Å². The molecule has 1 unspecified atom stereocenters. The second-order valence-corrected chi connectivity index (χ2v) is 4.06. The summed E-state index contributed by atoms with van der Waals surface area (Å²) >= 11 is 0. The zero-order valence-corrected chi connectivity index (χ0v) is 11.0. The standard InChI is InChI=1S/C13H20.C2H6/c1-5-7-13-11(6-2)8-9-12(13)10(3)4;1-2/h5-7,10,12H,1,8-9H2,2-4H3;1-2H3/b11-6-,13-7+;. The summed E-state index contributed by atoms with van der Waals surface area (Å²) in [6.07, 6.45) is 8.92. The first kappa shape index (κ1) is 14.2. The van der Waals surface area contributed by atoms with Crippen LogP contribution in [0.2, 0.25) is 0 Å². The van der Waals surface area contributed by atoms with Crippen molar-refractivity contribution in [1.82, 2.24) is 0 Å². The number of allylic oxidation sites excluding steroid dienone is 5. The molecule has 0 heterocycles. The van der Waals surface area contributed by atoms with E-state index in [9.17, 15) is 0 Å². The SMILES string of the molecule is C=C/C=C1\C(=C/C)CCC1C(C)C.CC. The summed E-state index contributed by atoms with van der Waals surface area (Å²) in [4.78, 5) is 0. The highest BCUT2D eigenvalue weighted by Crippen LogP contribution is 2.40. The van der Waals surface area contributed by atoms with Crippen LogP contribution in [0.4, 0.5) is 0 Å². The lowest BCUT2D eigenvalue weighted by atomic mass is 9.89. The van der Waals surface area contributed by atoms with E-state index in [1.165, 1.54) is 24.0 Å². The van der Waals surface area contributed by atoms with Gasteiger partial charge in [-0.3, -0.25) is 0 Å². The predicted molar refractivity (Wildman–Crippen MR) is 70.9 cm³/mol. The topological polar surface area (TPSA) is 0 Å². The van der Waals surface area contributed by atoms with Crippen molar-refractivity contribution >= 4 is 0 Å². The Hall–Kier alpha value is -0.780. The van der Waals surface area contributed by atoms with Gasteiger partial charge in [0.1, 0.15) is 0 Å². The smallest absolute Gasteiger partial charge is 0.0133 e. The zero-order valence-electron chi connectivity index (χ0n) is 11.0. The van der Waals surface area contributed by atoms with Gasteiger partial charge in [-0.1, -0.05) is 52.5 Å². The summed E-state index contributed by atoms with van der Waals surface area (Å²) < 4.78 is 0. The molecular weight excluding hydrogens is 180 g/mol. The first-order chi connectivity index (χ1) is 7.20. The van der Waals surface area contributed by atoms with E-state index in [1.54, 1.807) is 0 Å². The molecule has 1 aliphatic carbocycles. The largest absolute Gasteiger partial charge is 0.0991 e. The maximum absolute atomic E-state index is 3.78. The van der Waals surface area contributed by atoms with Crippen molar-refractivity contribution in [2.45, 2.75) is 47.5 Å². The van der Waals surface area contributed by atoms with Gasteiger partial charge in [-0.2, -0.15) is 0 Å². The van der Waals surface area contributed by atoms with E-state index in [0.29, 0.717) is 0 Å². The average molecular weight is 206 g/mol. The Kier molecular flexibility index (Phi) is 7.11. The van der Waals surface area contributed by atoms with Crippen molar-refractivity contribution < 1.29 is 0 Å². The minimum Gasteiger partial charge on any atom is -0.0991 e. The Balaban J connectivity index is 0.000000921. The highest BCUT2D eigenvalue weighted by molar-refractivity contribution is 5.39. The van der Waals surface area contributed by atoms with Crippen LogP contribution in [0.1, 0.15) is 47.5 Å². The van der Waals surface area contributed by atoms with Gasteiger partial charge in [0.2, 0.25) is 0 Å². The summed E-state index contributed by atoms with van der Waals surface area (Å²) in [7, 11) is 0. The Morgan fingerprint density at radius 1 is 1.33 bits per heavy atom. The van der Waals surface area contributed by atoms with Crippen LogP contribution in [-0.2, 0) is 0 Å². The number of hydrogen-bond acceptors (Lipinski definition) is 0. The molecular formula is C15H26. The normalized spacial score (nSPS) is 25.6. The summed E-state index contributed by atoms with van der Waals surface area (Å²) in [6, 6.07) is 0. The second-order valence-electron chi connectivity index (χ2n) is 4.06. The molecule has 1 rings (SSSR count). The molecule has 0 amide bonds. The molecule has 0 aromatic carbocycles. The van der Waals surface area contributed by atoms with E-state index in [4.69, 9.17) is 0 Å². The Bertz CT molecular complexity index is 241. The van der Waals surface area contributed by atoms with Gasteiger partial charge in [0.05, 0.1) is 0 Å². The number of hydrogen-bond donors (Lipinski definition) is 0. The highest BCUT2D eigenvalue weighted by Gasteiger charge is 2.26. The van der Waals surface area contributed by atoms with Crippen LogP contribution >= 0.6 is 0 Å². The van der Waals surface area contributed by atoms with Gasteiger partial charge in [0, 0.05) is 0 Å². The van der Waals surface area contributed by atoms with Gasteiger partial charge in [-0.05, 0) is 42.7 Å². The molecule has 0 aliphatic heterocycles. The fourth-order valence-electron chi connectivity index (χ4n) is 2.21. The maximum Gasteiger partial charge on any atom is -0.0133 e. The molecule has 0 bridgehead atoms. The van der Waals surface area contributed by atoms with Gasteiger partial charge < -0.3 is 0 Å². The molecule has 0 aromatic heterocycles. The van der Waals surface area contributed by atoms with Crippen LogP contribution in [0.5, 0.6) is 0 Å². The predicted octanol–water partition coefficient (Wildman–Crippen LogP) is 5.14. The molecule has 0 nitrogen and oxygen atoms in total. The molecule has 0 spiro atoms. The molecule has 0 saturated heterocycles. The van der Waals surface area contributed by atoms with Crippen LogP contribution in [0.3, 0.4) is 0 Å². The van der Waals surface area contributed by atoms with Crippen LogP contribution in [-0.4, -0.2) is 0 Å².